The zero-order valence-corrected chi connectivity index (χ0v) is 10.8. The number of aromatic nitrogens is 1. The fourth-order valence-electron chi connectivity index (χ4n) is 2.20. The summed E-state index contributed by atoms with van der Waals surface area (Å²) in [6, 6.07) is 3.87. The van der Waals surface area contributed by atoms with E-state index in [0.29, 0.717) is 19.1 Å². The Kier molecular flexibility index (Phi) is 4.70. The number of pyridine rings is 1. The van der Waals surface area contributed by atoms with Gasteiger partial charge in [-0.3, -0.25) is 9.78 Å². The number of ether oxygens (including phenoxy) is 1. The molecule has 0 N–H and O–H groups in total. The lowest BCUT2D eigenvalue weighted by Gasteiger charge is -2.18. The molecule has 1 fully saturated rings. The van der Waals surface area contributed by atoms with E-state index in [0.717, 1.165) is 31.4 Å². The standard InChI is InChI=1S/C14H20N2O2/c1-16(11-12-4-2-8-15-10-12)14(17)7-6-13-5-3-9-18-13/h2,4,8,10,13H,3,5-7,9,11H2,1H3. The molecule has 4 nitrogen and oxygen atoms in total. The van der Waals surface area contributed by atoms with Gasteiger partial charge < -0.3 is 9.64 Å². The Morgan fingerprint density at radius 1 is 1.61 bits per heavy atom. The number of hydrogen-bond acceptors (Lipinski definition) is 3. The highest BCUT2D eigenvalue weighted by molar-refractivity contribution is 5.75. The van der Waals surface area contributed by atoms with Crippen LogP contribution in [0.4, 0.5) is 0 Å². The molecule has 2 heterocycles. The smallest absolute Gasteiger partial charge is 0.222 e. The van der Waals surface area contributed by atoms with E-state index in [4.69, 9.17) is 4.74 Å². The van der Waals surface area contributed by atoms with Crippen molar-refractivity contribution in [3.8, 4) is 0 Å². The molecule has 1 aliphatic rings. The molecule has 1 unspecified atom stereocenters. The molecule has 0 aromatic carbocycles. The summed E-state index contributed by atoms with van der Waals surface area (Å²) >= 11 is 0. The van der Waals surface area contributed by atoms with Crippen LogP contribution in [0, 0.1) is 0 Å². The zero-order chi connectivity index (χ0) is 12.8. The van der Waals surface area contributed by atoms with Crippen LogP contribution in [0.5, 0.6) is 0 Å². The van der Waals surface area contributed by atoms with Crippen LogP contribution < -0.4 is 0 Å². The quantitative estimate of drug-likeness (QED) is 0.800. The van der Waals surface area contributed by atoms with Gasteiger partial charge in [0.1, 0.15) is 0 Å². The topological polar surface area (TPSA) is 42.4 Å². The van der Waals surface area contributed by atoms with Crippen molar-refractivity contribution in [2.24, 2.45) is 0 Å². The number of carbonyl (C=O) groups is 1. The molecule has 1 aliphatic heterocycles. The summed E-state index contributed by atoms with van der Waals surface area (Å²) in [5, 5.41) is 0. The van der Waals surface area contributed by atoms with Gasteiger partial charge in [0.15, 0.2) is 0 Å². The summed E-state index contributed by atoms with van der Waals surface area (Å²) in [6.45, 7) is 1.47. The number of nitrogens with zero attached hydrogens (tertiary/aromatic N) is 2. The van der Waals surface area contributed by atoms with E-state index in [9.17, 15) is 4.79 Å². The molecule has 0 radical (unpaired) electrons. The van der Waals surface area contributed by atoms with Gasteiger partial charge in [-0.25, -0.2) is 0 Å². The van der Waals surface area contributed by atoms with Crippen molar-refractivity contribution in [1.29, 1.82) is 0 Å². The Balaban J connectivity index is 1.74. The van der Waals surface area contributed by atoms with Gasteiger partial charge in [-0.15, -0.1) is 0 Å². The minimum absolute atomic E-state index is 0.175. The van der Waals surface area contributed by atoms with Gasteiger partial charge in [-0.05, 0) is 30.9 Å². The monoisotopic (exact) mass is 248 g/mol. The van der Waals surface area contributed by atoms with Crippen molar-refractivity contribution >= 4 is 5.91 Å². The molecule has 4 heteroatoms. The van der Waals surface area contributed by atoms with E-state index in [1.165, 1.54) is 0 Å². The van der Waals surface area contributed by atoms with Crippen molar-refractivity contribution in [3.63, 3.8) is 0 Å². The van der Waals surface area contributed by atoms with Crippen LogP contribution in [0.3, 0.4) is 0 Å². The molecule has 1 aromatic heterocycles. The maximum absolute atomic E-state index is 12.0. The molecule has 0 saturated carbocycles. The third-order valence-electron chi connectivity index (χ3n) is 3.27. The Labute approximate surface area is 108 Å². The lowest BCUT2D eigenvalue weighted by molar-refractivity contribution is -0.131. The molecular weight excluding hydrogens is 228 g/mol. The Morgan fingerprint density at radius 2 is 2.50 bits per heavy atom. The lowest BCUT2D eigenvalue weighted by atomic mass is 10.1. The molecule has 1 aromatic rings. The second-order valence-corrected chi connectivity index (χ2v) is 4.78. The predicted octanol–water partition coefficient (Wildman–Crippen LogP) is 2.00. The van der Waals surface area contributed by atoms with Crippen molar-refractivity contribution in [1.82, 2.24) is 9.88 Å². The van der Waals surface area contributed by atoms with Crippen LogP contribution in [-0.2, 0) is 16.1 Å². The second-order valence-electron chi connectivity index (χ2n) is 4.78. The normalized spacial score (nSPS) is 18.8. The van der Waals surface area contributed by atoms with E-state index in [1.54, 1.807) is 17.3 Å². The van der Waals surface area contributed by atoms with E-state index in [1.807, 2.05) is 19.2 Å². The molecule has 0 spiro atoms. The number of hydrogen-bond donors (Lipinski definition) is 0. The lowest BCUT2D eigenvalue weighted by Crippen LogP contribution is -2.27. The fourth-order valence-corrected chi connectivity index (χ4v) is 2.20. The summed E-state index contributed by atoms with van der Waals surface area (Å²) < 4.78 is 5.52. The predicted molar refractivity (Wildman–Crippen MR) is 68.9 cm³/mol. The molecule has 18 heavy (non-hydrogen) atoms. The fraction of sp³-hybridized carbons (Fsp3) is 0.571. The molecule has 1 saturated heterocycles. The first kappa shape index (κ1) is 13.0. The highest BCUT2D eigenvalue weighted by Crippen LogP contribution is 2.17. The van der Waals surface area contributed by atoms with Crippen molar-refractivity contribution in [2.75, 3.05) is 13.7 Å². The SMILES string of the molecule is CN(Cc1cccnc1)C(=O)CCC1CCCO1. The first-order valence-electron chi connectivity index (χ1n) is 6.50. The number of carbonyl (C=O) groups excluding carboxylic acids is 1. The van der Waals surface area contributed by atoms with Gasteiger partial charge in [0.25, 0.3) is 0 Å². The summed E-state index contributed by atoms with van der Waals surface area (Å²) in [7, 11) is 1.84. The maximum Gasteiger partial charge on any atom is 0.222 e. The first-order valence-corrected chi connectivity index (χ1v) is 6.50. The molecule has 98 valence electrons. The average molecular weight is 248 g/mol. The molecule has 2 rings (SSSR count). The van der Waals surface area contributed by atoms with Crippen molar-refractivity contribution < 1.29 is 9.53 Å². The van der Waals surface area contributed by atoms with Crippen LogP contribution >= 0.6 is 0 Å². The van der Waals surface area contributed by atoms with E-state index in [2.05, 4.69) is 4.98 Å². The summed E-state index contributed by atoms with van der Waals surface area (Å²) in [6.07, 6.45) is 7.47. The van der Waals surface area contributed by atoms with Gasteiger partial charge in [-0.2, -0.15) is 0 Å². The first-order chi connectivity index (χ1) is 8.75. The Hall–Kier alpha value is -1.42. The van der Waals surface area contributed by atoms with Crippen molar-refractivity contribution in [3.05, 3.63) is 30.1 Å². The maximum atomic E-state index is 12.0. The van der Waals surface area contributed by atoms with Crippen LogP contribution in [0.1, 0.15) is 31.2 Å². The van der Waals surface area contributed by atoms with Crippen LogP contribution in [0.2, 0.25) is 0 Å². The highest BCUT2D eigenvalue weighted by Gasteiger charge is 2.18. The molecule has 1 atom stereocenters. The minimum Gasteiger partial charge on any atom is -0.378 e. The molecule has 1 amide bonds. The Morgan fingerprint density at radius 3 is 3.17 bits per heavy atom. The van der Waals surface area contributed by atoms with E-state index >= 15 is 0 Å². The van der Waals surface area contributed by atoms with Gasteiger partial charge in [0.2, 0.25) is 5.91 Å². The van der Waals surface area contributed by atoms with E-state index in [-0.39, 0.29) is 5.91 Å². The number of amides is 1. The van der Waals surface area contributed by atoms with Crippen LogP contribution in [-0.4, -0.2) is 35.5 Å². The van der Waals surface area contributed by atoms with E-state index < -0.39 is 0 Å². The zero-order valence-electron chi connectivity index (χ0n) is 10.8. The summed E-state index contributed by atoms with van der Waals surface area (Å²) in [4.78, 5) is 17.8. The minimum atomic E-state index is 0.175. The largest absolute Gasteiger partial charge is 0.378 e. The third kappa shape index (κ3) is 3.81. The highest BCUT2D eigenvalue weighted by atomic mass is 16.5. The second kappa shape index (κ2) is 6.50. The Bertz CT molecular complexity index is 375. The van der Waals surface area contributed by atoms with Gasteiger partial charge in [-0.1, -0.05) is 6.07 Å². The van der Waals surface area contributed by atoms with Crippen molar-refractivity contribution in [2.45, 2.75) is 38.3 Å². The molecule has 0 aliphatic carbocycles. The van der Waals surface area contributed by atoms with Gasteiger partial charge in [0.05, 0.1) is 6.10 Å². The average Bonchev–Trinajstić information content (AvgIpc) is 2.90. The van der Waals surface area contributed by atoms with Gasteiger partial charge in [0, 0.05) is 39.0 Å². The van der Waals surface area contributed by atoms with Crippen LogP contribution in [0.25, 0.3) is 0 Å². The summed E-state index contributed by atoms with van der Waals surface area (Å²) in [5.41, 5.74) is 1.06. The summed E-state index contributed by atoms with van der Waals surface area (Å²) in [5.74, 6) is 0.175. The van der Waals surface area contributed by atoms with Crippen LogP contribution in [0.15, 0.2) is 24.5 Å². The number of rotatable bonds is 5. The van der Waals surface area contributed by atoms with Gasteiger partial charge >= 0.3 is 0 Å². The molecule has 0 bridgehead atoms. The third-order valence-corrected chi connectivity index (χ3v) is 3.27. The molecular formula is C14H20N2O2.